The zero-order chi connectivity index (χ0) is 23.3. The number of carbonyl (C=O) groups excluding carboxylic acids is 1. The molecule has 7 nitrogen and oxygen atoms in total. The molecule has 2 aromatic heterocycles. The molecular weight excluding hydrogens is 435 g/mol. The number of nitrogens with one attached hydrogen (secondary N) is 1. The van der Waals surface area contributed by atoms with E-state index >= 15 is 0 Å². The van der Waals surface area contributed by atoms with Gasteiger partial charge in [0, 0.05) is 25.4 Å². The number of carbonyl (C=O) groups is 1. The summed E-state index contributed by atoms with van der Waals surface area (Å²) in [6, 6.07) is 10.8. The molecule has 2 amide bonds. The van der Waals surface area contributed by atoms with Crippen LogP contribution in [0.5, 0.6) is 11.6 Å². The third kappa shape index (κ3) is 6.06. The molecule has 10 heteroatoms. The minimum Gasteiger partial charge on any atom is -0.439 e. The van der Waals surface area contributed by atoms with Crippen LogP contribution in [0.25, 0.3) is 6.08 Å². The number of rotatable bonds is 4. The van der Waals surface area contributed by atoms with Crippen molar-refractivity contribution >= 4 is 17.8 Å². The van der Waals surface area contributed by atoms with E-state index in [0.717, 1.165) is 30.7 Å². The molecule has 4 rings (SSSR count). The van der Waals surface area contributed by atoms with Gasteiger partial charge in [-0.25, -0.2) is 9.78 Å². The average molecular weight is 455 g/mol. The number of anilines is 1. The predicted molar refractivity (Wildman–Crippen MR) is 116 cm³/mol. The normalized spacial score (nSPS) is 14.0. The molecule has 1 aliphatic heterocycles. The van der Waals surface area contributed by atoms with Crippen LogP contribution in [0.2, 0.25) is 0 Å². The largest absolute Gasteiger partial charge is 0.439 e. The van der Waals surface area contributed by atoms with Gasteiger partial charge in [0.05, 0.1) is 23.6 Å². The molecule has 1 aromatic carbocycles. The molecule has 0 spiro atoms. The Morgan fingerprint density at radius 1 is 1.06 bits per heavy atom. The van der Waals surface area contributed by atoms with Gasteiger partial charge >= 0.3 is 12.2 Å². The summed E-state index contributed by atoms with van der Waals surface area (Å²) in [6.45, 7) is 1.17. The zero-order valence-corrected chi connectivity index (χ0v) is 17.4. The summed E-state index contributed by atoms with van der Waals surface area (Å²) in [5.74, 6) is 0.552. The first-order valence-electron chi connectivity index (χ1n) is 10.2. The van der Waals surface area contributed by atoms with Crippen molar-refractivity contribution in [3.8, 4) is 11.6 Å². The molecule has 170 valence electrons. The summed E-state index contributed by atoms with van der Waals surface area (Å²) in [4.78, 5) is 17.9. The standard InChI is InChI=1S/C23H20F3N5O2/c24-23(25,26)18-4-5-21(27-14-18)33-20-3-1-2-17(13-20)12-16-7-10-31(11-8-16)22(32)30-19-6-9-28-29-15-19/h1-6,9,12-15H,7-8,10-11H2,(H,28,30,32). The van der Waals surface area contributed by atoms with E-state index in [2.05, 4.69) is 20.5 Å². The zero-order valence-electron chi connectivity index (χ0n) is 17.4. The van der Waals surface area contributed by atoms with Crippen LogP contribution in [0.4, 0.5) is 23.7 Å². The highest BCUT2D eigenvalue weighted by atomic mass is 19.4. The number of hydrogen-bond donors (Lipinski definition) is 1. The van der Waals surface area contributed by atoms with Crippen molar-refractivity contribution in [1.29, 1.82) is 0 Å². The fourth-order valence-corrected chi connectivity index (χ4v) is 3.34. The molecule has 1 saturated heterocycles. The van der Waals surface area contributed by atoms with Gasteiger partial charge in [-0.3, -0.25) is 0 Å². The van der Waals surface area contributed by atoms with Crippen LogP contribution in [-0.2, 0) is 6.18 Å². The number of nitrogens with zero attached hydrogens (tertiary/aromatic N) is 4. The first-order valence-corrected chi connectivity index (χ1v) is 10.2. The first-order chi connectivity index (χ1) is 15.9. The SMILES string of the molecule is O=C(Nc1ccnnc1)N1CCC(=Cc2cccc(Oc3ccc(C(F)(F)F)cn3)c2)CC1. The van der Waals surface area contributed by atoms with Crippen LogP contribution >= 0.6 is 0 Å². The third-order valence-electron chi connectivity index (χ3n) is 5.04. The van der Waals surface area contributed by atoms with Gasteiger partial charge in [-0.05, 0) is 42.7 Å². The number of likely N-dealkylation sites (tertiary alicyclic amines) is 1. The lowest BCUT2D eigenvalue weighted by Crippen LogP contribution is -2.39. The maximum absolute atomic E-state index is 12.7. The number of halogens is 3. The minimum absolute atomic E-state index is 0.0801. The summed E-state index contributed by atoms with van der Waals surface area (Å²) in [7, 11) is 0. The van der Waals surface area contributed by atoms with E-state index in [-0.39, 0.29) is 11.9 Å². The molecule has 1 N–H and O–H groups in total. The number of benzene rings is 1. The molecule has 0 saturated carbocycles. The molecule has 0 radical (unpaired) electrons. The lowest BCUT2D eigenvalue weighted by atomic mass is 10.0. The van der Waals surface area contributed by atoms with Crippen molar-refractivity contribution in [2.45, 2.75) is 19.0 Å². The second-order valence-corrected chi connectivity index (χ2v) is 7.41. The fourth-order valence-electron chi connectivity index (χ4n) is 3.34. The highest BCUT2D eigenvalue weighted by Gasteiger charge is 2.30. The van der Waals surface area contributed by atoms with Crippen molar-refractivity contribution in [1.82, 2.24) is 20.1 Å². The molecule has 0 aliphatic carbocycles. The van der Waals surface area contributed by atoms with Crippen LogP contribution in [-0.4, -0.2) is 39.2 Å². The number of aromatic nitrogens is 3. The van der Waals surface area contributed by atoms with E-state index in [9.17, 15) is 18.0 Å². The van der Waals surface area contributed by atoms with E-state index in [1.807, 2.05) is 12.1 Å². The maximum atomic E-state index is 12.7. The fraction of sp³-hybridized carbons (Fsp3) is 0.217. The van der Waals surface area contributed by atoms with E-state index in [1.54, 1.807) is 29.2 Å². The van der Waals surface area contributed by atoms with E-state index in [1.165, 1.54) is 24.0 Å². The molecule has 3 aromatic rings. The van der Waals surface area contributed by atoms with E-state index in [4.69, 9.17) is 4.74 Å². The molecule has 3 heterocycles. The Morgan fingerprint density at radius 2 is 1.88 bits per heavy atom. The Hall–Kier alpha value is -3.95. The van der Waals surface area contributed by atoms with Gasteiger partial charge in [0.2, 0.25) is 5.88 Å². The minimum atomic E-state index is -4.44. The van der Waals surface area contributed by atoms with Crippen molar-refractivity contribution in [2.75, 3.05) is 18.4 Å². The van der Waals surface area contributed by atoms with Gasteiger partial charge in [0.25, 0.3) is 0 Å². The molecule has 0 bridgehead atoms. The van der Waals surface area contributed by atoms with Gasteiger partial charge < -0.3 is 15.0 Å². The number of piperidine rings is 1. The Bertz CT molecular complexity index is 1120. The molecule has 0 unspecified atom stereocenters. The number of pyridine rings is 1. The highest BCUT2D eigenvalue weighted by Crippen LogP contribution is 2.30. The highest BCUT2D eigenvalue weighted by molar-refractivity contribution is 5.89. The summed E-state index contributed by atoms with van der Waals surface area (Å²) in [5.41, 5.74) is 1.85. The Balaban J connectivity index is 1.34. The van der Waals surface area contributed by atoms with Gasteiger partial charge in [0.1, 0.15) is 5.75 Å². The smallest absolute Gasteiger partial charge is 0.417 e. The number of amides is 2. The Kier molecular flexibility index (Phi) is 6.53. The average Bonchev–Trinajstić information content (AvgIpc) is 2.80. The van der Waals surface area contributed by atoms with Crippen molar-refractivity contribution < 1.29 is 22.7 Å². The van der Waals surface area contributed by atoms with Gasteiger partial charge in [0.15, 0.2) is 0 Å². The number of alkyl halides is 3. The topological polar surface area (TPSA) is 80.2 Å². The lowest BCUT2D eigenvalue weighted by molar-refractivity contribution is -0.137. The summed E-state index contributed by atoms with van der Waals surface area (Å²) >= 11 is 0. The first kappa shape index (κ1) is 22.3. The lowest BCUT2D eigenvalue weighted by Gasteiger charge is -2.28. The molecule has 0 atom stereocenters. The van der Waals surface area contributed by atoms with Crippen molar-refractivity contribution in [3.05, 3.63) is 77.8 Å². The molecule has 1 aliphatic rings. The van der Waals surface area contributed by atoms with E-state index < -0.39 is 11.7 Å². The van der Waals surface area contributed by atoms with Gasteiger partial charge in [-0.1, -0.05) is 23.8 Å². The number of ether oxygens (including phenoxy) is 1. The summed E-state index contributed by atoms with van der Waals surface area (Å²) in [6.07, 6.45) is 2.80. The third-order valence-corrected chi connectivity index (χ3v) is 5.04. The number of hydrogen-bond acceptors (Lipinski definition) is 5. The van der Waals surface area contributed by atoms with Gasteiger partial charge in [-0.15, -0.1) is 0 Å². The van der Waals surface area contributed by atoms with Crippen LogP contribution in [0.1, 0.15) is 24.0 Å². The van der Waals surface area contributed by atoms with Crippen LogP contribution in [0.15, 0.2) is 66.6 Å². The Labute approximate surface area is 187 Å². The molecule has 1 fully saturated rings. The maximum Gasteiger partial charge on any atom is 0.417 e. The monoisotopic (exact) mass is 455 g/mol. The van der Waals surface area contributed by atoms with Gasteiger partial charge in [-0.2, -0.15) is 23.4 Å². The van der Waals surface area contributed by atoms with Crippen LogP contribution < -0.4 is 10.1 Å². The van der Waals surface area contributed by atoms with Crippen LogP contribution in [0.3, 0.4) is 0 Å². The predicted octanol–water partition coefficient (Wildman–Crippen LogP) is 5.39. The Morgan fingerprint density at radius 3 is 2.55 bits per heavy atom. The number of urea groups is 1. The van der Waals surface area contributed by atoms with Crippen molar-refractivity contribution in [2.24, 2.45) is 0 Å². The summed E-state index contributed by atoms with van der Waals surface area (Å²) in [5, 5.41) is 10.2. The molecular formula is C23H20F3N5O2. The quantitative estimate of drug-likeness (QED) is 0.570. The van der Waals surface area contributed by atoms with Crippen molar-refractivity contribution in [3.63, 3.8) is 0 Å². The second-order valence-electron chi connectivity index (χ2n) is 7.41. The molecule has 33 heavy (non-hydrogen) atoms. The van der Waals surface area contributed by atoms with E-state index in [0.29, 0.717) is 24.5 Å². The second kappa shape index (κ2) is 9.68. The van der Waals surface area contributed by atoms with Crippen LogP contribution in [0, 0.1) is 0 Å². The summed E-state index contributed by atoms with van der Waals surface area (Å²) < 4.78 is 43.6.